The number of piperazine rings is 1. The van der Waals surface area contributed by atoms with Gasteiger partial charge in [-0.2, -0.15) is 0 Å². The predicted octanol–water partition coefficient (Wildman–Crippen LogP) is 1.55. The Kier molecular flexibility index (Phi) is 6.45. The Morgan fingerprint density at radius 2 is 1.76 bits per heavy atom. The minimum absolute atomic E-state index is 0.147. The fraction of sp³-hybridized carbons (Fsp3) is 0.316. The molecule has 2 aromatic rings. The van der Waals surface area contributed by atoms with Crippen LogP contribution in [0.1, 0.15) is 26.5 Å². The van der Waals surface area contributed by atoms with Crippen LogP contribution in [-0.4, -0.2) is 68.6 Å². The summed E-state index contributed by atoms with van der Waals surface area (Å²) in [5.74, 6) is -0.0713. The molecule has 1 saturated heterocycles. The van der Waals surface area contributed by atoms with E-state index in [0.717, 1.165) is 5.69 Å². The summed E-state index contributed by atoms with van der Waals surface area (Å²) >= 11 is -2.22. The van der Waals surface area contributed by atoms with Crippen LogP contribution in [0.15, 0.2) is 36.4 Å². The minimum atomic E-state index is -2.22. The number of aromatic nitrogens is 1. The van der Waals surface area contributed by atoms with Crippen LogP contribution in [0, 0.1) is 6.92 Å². The van der Waals surface area contributed by atoms with Gasteiger partial charge in [0, 0.05) is 37.9 Å². The van der Waals surface area contributed by atoms with Crippen molar-refractivity contribution in [2.24, 2.45) is 0 Å². The molecule has 1 unspecified atom stereocenters. The number of carbonyl (C=O) groups is 2. The Labute approximate surface area is 171 Å². The number of anilines is 1. The molecule has 29 heavy (non-hydrogen) atoms. The maximum absolute atomic E-state index is 12.9. The van der Waals surface area contributed by atoms with Crippen molar-refractivity contribution in [2.45, 2.75) is 6.92 Å². The van der Waals surface area contributed by atoms with Crippen molar-refractivity contribution in [2.75, 3.05) is 38.0 Å². The van der Waals surface area contributed by atoms with Crippen LogP contribution in [0.4, 0.5) is 5.69 Å². The van der Waals surface area contributed by atoms with E-state index in [1.165, 1.54) is 19.2 Å². The largest absolute Gasteiger partial charge is 0.496 e. The Bertz CT molecular complexity index is 944. The molecule has 2 N–H and O–H groups in total. The Morgan fingerprint density at radius 1 is 1.10 bits per heavy atom. The highest BCUT2D eigenvalue weighted by atomic mass is 32.2. The van der Waals surface area contributed by atoms with Crippen molar-refractivity contribution >= 4 is 28.8 Å². The molecule has 1 aromatic carbocycles. The zero-order valence-corrected chi connectivity index (χ0v) is 16.9. The van der Waals surface area contributed by atoms with Crippen molar-refractivity contribution < 1.29 is 23.1 Å². The third-order valence-electron chi connectivity index (χ3n) is 4.60. The number of nitrogens with zero attached hydrogens (tertiary/aromatic N) is 3. The third-order valence-corrected chi connectivity index (χ3v) is 5.01. The highest BCUT2D eigenvalue weighted by molar-refractivity contribution is 7.80. The molecule has 3 rings (SSSR count). The molecule has 0 bridgehead atoms. The molecule has 1 fully saturated rings. The van der Waals surface area contributed by atoms with Gasteiger partial charge in [-0.25, -0.2) is 9.19 Å². The van der Waals surface area contributed by atoms with Crippen molar-refractivity contribution in [1.29, 1.82) is 0 Å². The molecule has 9 nitrogen and oxygen atoms in total. The zero-order chi connectivity index (χ0) is 21.0. The first-order valence-corrected chi connectivity index (χ1v) is 10.1. The Hall–Kier alpha value is -2.98. The first-order chi connectivity index (χ1) is 13.9. The molecule has 0 saturated carbocycles. The van der Waals surface area contributed by atoms with Gasteiger partial charge in [-0.3, -0.25) is 18.9 Å². The minimum Gasteiger partial charge on any atom is -0.496 e. The van der Waals surface area contributed by atoms with Crippen molar-refractivity contribution in [3.63, 3.8) is 0 Å². The SMILES string of the molecule is COc1cc(NS(=O)O)ccc1C(=O)N1CCN(C(=O)c2cccc(C)n2)CC1. The zero-order valence-electron chi connectivity index (χ0n) is 16.1. The molecular formula is C19H22N4O5S. The summed E-state index contributed by atoms with van der Waals surface area (Å²) in [5, 5.41) is 0. The smallest absolute Gasteiger partial charge is 0.272 e. The summed E-state index contributed by atoms with van der Waals surface area (Å²) in [4.78, 5) is 33.1. The Morgan fingerprint density at radius 3 is 2.34 bits per heavy atom. The average Bonchev–Trinajstić information content (AvgIpc) is 2.72. The summed E-state index contributed by atoms with van der Waals surface area (Å²) < 4.78 is 27.4. The van der Waals surface area contributed by atoms with Crippen LogP contribution in [0.25, 0.3) is 0 Å². The van der Waals surface area contributed by atoms with Gasteiger partial charge in [-0.05, 0) is 31.2 Å². The number of amides is 2. The fourth-order valence-corrected chi connectivity index (χ4v) is 3.47. The van der Waals surface area contributed by atoms with Crippen LogP contribution < -0.4 is 9.46 Å². The molecule has 0 aliphatic carbocycles. The van der Waals surface area contributed by atoms with Crippen LogP contribution in [-0.2, 0) is 11.3 Å². The molecule has 2 amide bonds. The first-order valence-electron chi connectivity index (χ1n) is 8.97. The second kappa shape index (κ2) is 9.01. The molecule has 0 spiro atoms. The maximum Gasteiger partial charge on any atom is 0.272 e. The lowest BCUT2D eigenvalue weighted by molar-refractivity contribution is 0.0530. The summed E-state index contributed by atoms with van der Waals surface area (Å²) in [6, 6.07) is 9.89. The van der Waals surface area contributed by atoms with Gasteiger partial charge in [0.05, 0.1) is 18.4 Å². The highest BCUT2D eigenvalue weighted by Crippen LogP contribution is 2.25. The van der Waals surface area contributed by atoms with E-state index in [-0.39, 0.29) is 11.8 Å². The summed E-state index contributed by atoms with van der Waals surface area (Å²) in [7, 11) is 1.43. The van der Waals surface area contributed by atoms with Crippen molar-refractivity contribution in [3.05, 3.63) is 53.3 Å². The number of hydrogen-bond acceptors (Lipinski definition) is 5. The molecule has 1 aliphatic rings. The summed E-state index contributed by atoms with van der Waals surface area (Å²) in [6.07, 6.45) is 0. The van der Waals surface area contributed by atoms with Gasteiger partial charge < -0.3 is 14.5 Å². The lowest BCUT2D eigenvalue weighted by atomic mass is 10.1. The standard InChI is InChI=1S/C19H22N4O5S/c1-13-4-3-5-16(20-13)19(25)23-10-8-22(9-11-23)18(24)15-7-6-14(21-29(26)27)12-17(15)28-2/h3-7,12,21H,8-11H2,1-2H3,(H,26,27). The number of hydrogen-bond donors (Lipinski definition) is 2. The highest BCUT2D eigenvalue weighted by Gasteiger charge is 2.27. The monoisotopic (exact) mass is 418 g/mol. The van der Waals surface area contributed by atoms with E-state index < -0.39 is 11.3 Å². The van der Waals surface area contributed by atoms with Gasteiger partial charge in [0.15, 0.2) is 0 Å². The van der Waals surface area contributed by atoms with Gasteiger partial charge in [-0.1, -0.05) is 6.07 Å². The lowest BCUT2D eigenvalue weighted by Crippen LogP contribution is -2.50. The van der Waals surface area contributed by atoms with E-state index in [1.54, 1.807) is 28.0 Å². The van der Waals surface area contributed by atoms with E-state index in [1.807, 2.05) is 13.0 Å². The van der Waals surface area contributed by atoms with Gasteiger partial charge in [0.25, 0.3) is 23.1 Å². The molecule has 1 atom stereocenters. The van der Waals surface area contributed by atoms with Gasteiger partial charge in [0.1, 0.15) is 11.4 Å². The van der Waals surface area contributed by atoms with Gasteiger partial charge >= 0.3 is 0 Å². The van der Waals surface area contributed by atoms with Crippen molar-refractivity contribution in [1.82, 2.24) is 14.8 Å². The van der Waals surface area contributed by atoms with Gasteiger partial charge in [0.2, 0.25) is 0 Å². The number of rotatable bonds is 5. The number of nitrogens with one attached hydrogen (secondary N) is 1. The fourth-order valence-electron chi connectivity index (χ4n) is 3.14. The molecule has 2 heterocycles. The summed E-state index contributed by atoms with van der Waals surface area (Å²) in [5.41, 5.74) is 1.89. The number of benzene rings is 1. The quantitative estimate of drug-likeness (QED) is 0.713. The molecular weight excluding hydrogens is 396 g/mol. The van der Waals surface area contributed by atoms with Crippen LogP contribution in [0.2, 0.25) is 0 Å². The van der Waals surface area contributed by atoms with E-state index in [2.05, 4.69) is 9.71 Å². The van der Waals surface area contributed by atoms with Crippen molar-refractivity contribution in [3.8, 4) is 5.75 Å². The number of methoxy groups -OCH3 is 1. The van der Waals surface area contributed by atoms with Gasteiger partial charge in [-0.15, -0.1) is 0 Å². The Balaban J connectivity index is 1.67. The van der Waals surface area contributed by atoms with E-state index in [9.17, 15) is 13.8 Å². The van der Waals surface area contributed by atoms with Crippen LogP contribution in [0.3, 0.4) is 0 Å². The number of carbonyl (C=O) groups excluding carboxylic acids is 2. The van der Waals surface area contributed by atoms with Crippen LogP contribution >= 0.6 is 0 Å². The van der Waals surface area contributed by atoms with E-state index in [0.29, 0.717) is 48.9 Å². The number of aryl methyl sites for hydroxylation is 1. The topological polar surface area (TPSA) is 112 Å². The second-order valence-electron chi connectivity index (χ2n) is 6.51. The number of ether oxygens (including phenoxy) is 1. The maximum atomic E-state index is 12.9. The lowest BCUT2D eigenvalue weighted by Gasteiger charge is -2.34. The van der Waals surface area contributed by atoms with Crippen LogP contribution in [0.5, 0.6) is 5.75 Å². The molecule has 1 aromatic heterocycles. The predicted molar refractivity (Wildman–Crippen MR) is 108 cm³/mol. The third kappa shape index (κ3) is 4.90. The summed E-state index contributed by atoms with van der Waals surface area (Å²) in [6.45, 7) is 3.43. The van der Waals surface area contributed by atoms with E-state index >= 15 is 0 Å². The van der Waals surface area contributed by atoms with E-state index in [4.69, 9.17) is 9.29 Å². The second-order valence-corrected chi connectivity index (χ2v) is 7.22. The molecule has 1 aliphatic heterocycles. The molecule has 10 heteroatoms. The normalized spacial score (nSPS) is 15.0. The average molecular weight is 418 g/mol. The molecule has 154 valence electrons. The number of pyridine rings is 1. The first kappa shape index (κ1) is 20.7. The molecule has 0 radical (unpaired) electrons.